The second-order valence-electron chi connectivity index (χ2n) is 5.28. The van der Waals surface area contributed by atoms with E-state index in [1.807, 2.05) is 24.3 Å². The number of hydrogen-bond acceptors (Lipinski definition) is 2. The highest BCUT2D eigenvalue weighted by molar-refractivity contribution is 5.80. The summed E-state index contributed by atoms with van der Waals surface area (Å²) in [6.45, 7) is 2.11. The lowest BCUT2D eigenvalue weighted by molar-refractivity contribution is -0.121. The van der Waals surface area contributed by atoms with Gasteiger partial charge in [-0.2, -0.15) is 0 Å². The Hall–Kier alpha value is -1.51. The van der Waals surface area contributed by atoms with E-state index in [0.717, 1.165) is 5.56 Å². The van der Waals surface area contributed by atoms with E-state index in [0.29, 0.717) is 18.0 Å². The maximum atomic E-state index is 12.0. The van der Waals surface area contributed by atoms with Crippen molar-refractivity contribution in [1.29, 1.82) is 0 Å². The van der Waals surface area contributed by atoms with Crippen LogP contribution in [0.25, 0.3) is 0 Å². The van der Waals surface area contributed by atoms with Gasteiger partial charge in [0.25, 0.3) is 0 Å². The fourth-order valence-corrected chi connectivity index (χ4v) is 2.75. The third-order valence-electron chi connectivity index (χ3n) is 3.90. The van der Waals surface area contributed by atoms with Crippen LogP contribution >= 0.6 is 0 Å². The molecule has 3 N–H and O–H groups in total. The van der Waals surface area contributed by atoms with E-state index in [1.54, 1.807) is 0 Å². The number of carbonyl (C=O) groups excluding carboxylic acids is 1. The molecular formula is C15H22N2O. The Morgan fingerprint density at radius 3 is 2.72 bits per heavy atom. The molecule has 0 spiro atoms. The number of nitrogen functional groups attached to an aromatic ring is 1. The number of nitrogens with two attached hydrogens (primary N) is 1. The topological polar surface area (TPSA) is 55.1 Å². The smallest absolute Gasteiger partial charge is 0.224 e. The van der Waals surface area contributed by atoms with Crippen LogP contribution in [0.15, 0.2) is 24.3 Å². The number of nitrogens with one attached hydrogen (secondary N) is 1. The number of amides is 1. The lowest BCUT2D eigenvalue weighted by Gasteiger charge is -2.20. The summed E-state index contributed by atoms with van der Waals surface area (Å²) in [7, 11) is 0. The van der Waals surface area contributed by atoms with E-state index in [-0.39, 0.29) is 11.9 Å². The molecule has 0 bridgehead atoms. The highest BCUT2D eigenvalue weighted by Crippen LogP contribution is 2.27. The molecule has 1 amide bonds. The van der Waals surface area contributed by atoms with E-state index in [2.05, 4.69) is 12.2 Å². The third-order valence-corrected chi connectivity index (χ3v) is 3.90. The van der Waals surface area contributed by atoms with Gasteiger partial charge >= 0.3 is 0 Å². The molecule has 0 aliphatic heterocycles. The van der Waals surface area contributed by atoms with Gasteiger partial charge < -0.3 is 11.1 Å². The minimum absolute atomic E-state index is 0.0762. The summed E-state index contributed by atoms with van der Waals surface area (Å²) < 4.78 is 0. The van der Waals surface area contributed by atoms with Crippen molar-refractivity contribution < 1.29 is 4.79 Å². The molecule has 1 aliphatic rings. The number of hydrogen-bond donors (Lipinski definition) is 2. The lowest BCUT2D eigenvalue weighted by Crippen LogP contribution is -2.38. The minimum atomic E-state index is 0.0762. The zero-order valence-electron chi connectivity index (χ0n) is 11.0. The van der Waals surface area contributed by atoms with E-state index >= 15 is 0 Å². The Morgan fingerprint density at radius 2 is 2.06 bits per heavy atom. The van der Waals surface area contributed by atoms with Crippen molar-refractivity contribution in [1.82, 2.24) is 5.32 Å². The molecule has 1 fully saturated rings. The van der Waals surface area contributed by atoms with Crippen LogP contribution in [-0.4, -0.2) is 11.9 Å². The van der Waals surface area contributed by atoms with Gasteiger partial charge in [-0.15, -0.1) is 0 Å². The summed E-state index contributed by atoms with van der Waals surface area (Å²) in [5.74, 6) is 0.731. The standard InChI is InChI=1S/C15H22N2O/c1-11(12-6-2-3-7-12)17-15(18)10-13-8-4-5-9-14(13)16/h4-5,8-9,11-12H,2-3,6-7,10,16H2,1H3,(H,17,18). The van der Waals surface area contributed by atoms with Crippen LogP contribution < -0.4 is 11.1 Å². The summed E-state index contributed by atoms with van der Waals surface area (Å²) in [6.07, 6.45) is 5.47. The first-order valence-corrected chi connectivity index (χ1v) is 6.79. The van der Waals surface area contributed by atoms with Gasteiger partial charge in [-0.05, 0) is 37.3 Å². The van der Waals surface area contributed by atoms with Crippen LogP contribution in [0.3, 0.4) is 0 Å². The lowest BCUT2D eigenvalue weighted by atomic mass is 9.99. The average molecular weight is 246 g/mol. The van der Waals surface area contributed by atoms with Crippen LogP contribution in [0, 0.1) is 5.92 Å². The van der Waals surface area contributed by atoms with Crippen LogP contribution in [-0.2, 0) is 11.2 Å². The second-order valence-corrected chi connectivity index (χ2v) is 5.28. The molecule has 1 unspecified atom stereocenters. The molecule has 0 aromatic heterocycles. The molecule has 98 valence electrons. The highest BCUT2D eigenvalue weighted by atomic mass is 16.1. The Balaban J connectivity index is 1.86. The van der Waals surface area contributed by atoms with Gasteiger partial charge in [-0.3, -0.25) is 4.79 Å². The zero-order chi connectivity index (χ0) is 13.0. The van der Waals surface area contributed by atoms with Crippen molar-refractivity contribution >= 4 is 11.6 Å². The SMILES string of the molecule is CC(NC(=O)Cc1ccccc1N)C1CCCC1. The van der Waals surface area contributed by atoms with Gasteiger partial charge in [0.1, 0.15) is 0 Å². The van der Waals surface area contributed by atoms with Crippen LogP contribution in [0.5, 0.6) is 0 Å². The Kier molecular flexibility index (Phi) is 4.24. The molecule has 18 heavy (non-hydrogen) atoms. The van der Waals surface area contributed by atoms with Crippen LogP contribution in [0.1, 0.15) is 38.2 Å². The maximum absolute atomic E-state index is 12.0. The molecule has 0 saturated heterocycles. The quantitative estimate of drug-likeness (QED) is 0.802. The molecule has 3 nitrogen and oxygen atoms in total. The summed E-state index contributed by atoms with van der Waals surface area (Å²) >= 11 is 0. The van der Waals surface area contributed by atoms with Crippen molar-refractivity contribution in [3.63, 3.8) is 0 Å². The third kappa shape index (κ3) is 3.25. The molecule has 1 aromatic rings. The molecule has 2 rings (SSSR count). The number of carbonyl (C=O) groups is 1. The number of benzene rings is 1. The number of rotatable bonds is 4. The van der Waals surface area contributed by atoms with Gasteiger partial charge in [0.15, 0.2) is 0 Å². The maximum Gasteiger partial charge on any atom is 0.224 e. The van der Waals surface area contributed by atoms with Crippen molar-refractivity contribution in [2.24, 2.45) is 5.92 Å². The summed E-state index contributed by atoms with van der Waals surface area (Å²) in [5.41, 5.74) is 7.45. The Bertz CT molecular complexity index is 411. The monoisotopic (exact) mass is 246 g/mol. The minimum Gasteiger partial charge on any atom is -0.398 e. The van der Waals surface area contributed by atoms with E-state index in [1.165, 1.54) is 25.7 Å². The first kappa shape index (κ1) is 12.9. The Labute approximate surface area is 109 Å². The predicted octanol–water partition coefficient (Wildman–Crippen LogP) is 2.51. The van der Waals surface area contributed by atoms with E-state index in [4.69, 9.17) is 5.73 Å². The van der Waals surface area contributed by atoms with Crippen LogP contribution in [0.4, 0.5) is 5.69 Å². The fourth-order valence-electron chi connectivity index (χ4n) is 2.75. The van der Waals surface area contributed by atoms with Crippen molar-refractivity contribution in [2.45, 2.75) is 45.1 Å². The van der Waals surface area contributed by atoms with Crippen molar-refractivity contribution in [2.75, 3.05) is 5.73 Å². The zero-order valence-corrected chi connectivity index (χ0v) is 11.0. The molecule has 0 heterocycles. The summed E-state index contributed by atoms with van der Waals surface area (Å²) in [6, 6.07) is 7.83. The molecule has 1 aromatic carbocycles. The fraction of sp³-hybridized carbons (Fsp3) is 0.533. The van der Waals surface area contributed by atoms with Crippen molar-refractivity contribution in [3.8, 4) is 0 Å². The van der Waals surface area contributed by atoms with Gasteiger partial charge in [0.2, 0.25) is 5.91 Å². The normalized spacial score (nSPS) is 17.6. The molecular weight excluding hydrogens is 224 g/mol. The number of anilines is 1. The molecule has 1 saturated carbocycles. The molecule has 1 aliphatic carbocycles. The van der Waals surface area contributed by atoms with Crippen molar-refractivity contribution in [3.05, 3.63) is 29.8 Å². The molecule has 3 heteroatoms. The number of para-hydroxylation sites is 1. The van der Waals surface area contributed by atoms with E-state index in [9.17, 15) is 4.79 Å². The van der Waals surface area contributed by atoms with E-state index < -0.39 is 0 Å². The first-order chi connectivity index (χ1) is 8.66. The molecule has 1 atom stereocenters. The average Bonchev–Trinajstić information content (AvgIpc) is 2.85. The first-order valence-electron chi connectivity index (χ1n) is 6.79. The summed E-state index contributed by atoms with van der Waals surface area (Å²) in [4.78, 5) is 12.0. The van der Waals surface area contributed by atoms with Gasteiger partial charge in [0.05, 0.1) is 6.42 Å². The summed E-state index contributed by atoms with van der Waals surface area (Å²) in [5, 5.41) is 3.10. The largest absolute Gasteiger partial charge is 0.398 e. The predicted molar refractivity (Wildman–Crippen MR) is 74.1 cm³/mol. The van der Waals surface area contributed by atoms with Gasteiger partial charge in [-0.1, -0.05) is 31.0 Å². The Morgan fingerprint density at radius 1 is 1.39 bits per heavy atom. The van der Waals surface area contributed by atoms with Gasteiger partial charge in [-0.25, -0.2) is 0 Å². The molecule has 0 radical (unpaired) electrons. The second kappa shape index (κ2) is 5.89. The highest BCUT2D eigenvalue weighted by Gasteiger charge is 2.22. The van der Waals surface area contributed by atoms with Gasteiger partial charge in [0, 0.05) is 11.7 Å². The van der Waals surface area contributed by atoms with Crippen LogP contribution in [0.2, 0.25) is 0 Å².